The van der Waals surface area contributed by atoms with Gasteiger partial charge >= 0.3 is 6.18 Å². The zero-order valence-corrected chi connectivity index (χ0v) is 19.5. The van der Waals surface area contributed by atoms with Crippen molar-refractivity contribution < 1.29 is 22.7 Å². The summed E-state index contributed by atoms with van der Waals surface area (Å²) in [7, 11) is 0. The standard InChI is InChI=1S/C23H23F3N8O2/c1-12(14-7-15(23(24,25)26)9-16(27)8-14)30-19-17-10-18(22(35)33-3-5-36-6-4-33)20-28-11-29-34(20)21(17)32-13(2)31-19/h7-12H,3-6,27H2,1-2H3,(H,30,31,32)/t12-/m1/s1. The molecule has 1 amide bonds. The quantitative estimate of drug-likeness (QED) is 0.410. The molecule has 1 aromatic carbocycles. The Hall–Kier alpha value is -4.00. The lowest BCUT2D eigenvalue weighted by Gasteiger charge is -2.27. The maximum Gasteiger partial charge on any atom is 0.416 e. The number of anilines is 2. The van der Waals surface area contributed by atoms with Crippen molar-refractivity contribution >= 4 is 34.1 Å². The van der Waals surface area contributed by atoms with Gasteiger partial charge in [0.1, 0.15) is 18.0 Å². The molecular weight excluding hydrogens is 477 g/mol. The van der Waals surface area contributed by atoms with Gasteiger partial charge in [0, 0.05) is 18.8 Å². The number of halogens is 3. The second kappa shape index (κ2) is 8.90. The van der Waals surface area contributed by atoms with Crippen molar-refractivity contribution in [2.75, 3.05) is 37.4 Å². The zero-order chi connectivity index (χ0) is 25.6. The number of fused-ring (bicyclic) bond motifs is 3. The highest BCUT2D eigenvalue weighted by atomic mass is 19.4. The molecule has 1 saturated heterocycles. The van der Waals surface area contributed by atoms with E-state index in [1.165, 1.54) is 16.9 Å². The van der Waals surface area contributed by atoms with E-state index in [0.29, 0.717) is 65.8 Å². The second-order valence-corrected chi connectivity index (χ2v) is 8.57. The predicted molar refractivity (Wildman–Crippen MR) is 125 cm³/mol. The summed E-state index contributed by atoms with van der Waals surface area (Å²) in [5, 5.41) is 7.90. The van der Waals surface area contributed by atoms with Gasteiger partial charge in [0.2, 0.25) is 0 Å². The molecule has 1 fully saturated rings. The van der Waals surface area contributed by atoms with Crippen molar-refractivity contribution in [2.24, 2.45) is 0 Å². The number of alkyl halides is 3. The van der Waals surface area contributed by atoms with E-state index in [4.69, 9.17) is 10.5 Å². The summed E-state index contributed by atoms with van der Waals surface area (Å²) in [5.41, 5.74) is 6.32. The van der Waals surface area contributed by atoms with E-state index in [2.05, 4.69) is 25.4 Å². The van der Waals surface area contributed by atoms with Crippen LogP contribution in [0.5, 0.6) is 0 Å². The van der Waals surface area contributed by atoms with Crippen LogP contribution in [-0.4, -0.2) is 61.7 Å². The minimum Gasteiger partial charge on any atom is -0.399 e. The molecule has 0 spiro atoms. The minimum absolute atomic E-state index is 0.0000748. The number of ether oxygens (including phenoxy) is 1. The number of benzene rings is 1. The second-order valence-electron chi connectivity index (χ2n) is 8.57. The van der Waals surface area contributed by atoms with Crippen LogP contribution < -0.4 is 11.1 Å². The number of nitrogens with zero attached hydrogens (tertiary/aromatic N) is 6. The number of rotatable bonds is 4. The van der Waals surface area contributed by atoms with E-state index in [9.17, 15) is 18.0 Å². The monoisotopic (exact) mass is 500 g/mol. The van der Waals surface area contributed by atoms with E-state index in [1.807, 2.05) is 0 Å². The summed E-state index contributed by atoms with van der Waals surface area (Å²) in [6.07, 6.45) is -3.20. The topological polar surface area (TPSA) is 124 Å². The number of nitrogens with one attached hydrogen (secondary N) is 1. The summed E-state index contributed by atoms with van der Waals surface area (Å²) in [4.78, 5) is 28.3. The molecule has 1 atom stereocenters. The van der Waals surface area contributed by atoms with Gasteiger partial charge in [-0.2, -0.15) is 22.8 Å². The summed E-state index contributed by atoms with van der Waals surface area (Å²) < 4.78 is 46.8. The zero-order valence-electron chi connectivity index (χ0n) is 19.5. The van der Waals surface area contributed by atoms with Crippen LogP contribution in [0, 0.1) is 6.92 Å². The first kappa shape index (κ1) is 23.7. The minimum atomic E-state index is -4.53. The third kappa shape index (κ3) is 4.37. The molecule has 36 heavy (non-hydrogen) atoms. The first-order valence-electron chi connectivity index (χ1n) is 11.2. The number of carbonyl (C=O) groups excluding carboxylic acids is 1. The smallest absolute Gasteiger partial charge is 0.399 e. The number of nitrogens with two attached hydrogens (primary N) is 1. The molecule has 3 N–H and O–H groups in total. The van der Waals surface area contributed by atoms with Gasteiger partial charge in [-0.3, -0.25) is 4.79 Å². The Morgan fingerprint density at radius 1 is 1.14 bits per heavy atom. The average Bonchev–Trinajstić information content (AvgIpc) is 3.33. The number of hydrogen-bond donors (Lipinski definition) is 2. The molecule has 0 bridgehead atoms. The Bertz CT molecular complexity index is 1460. The van der Waals surface area contributed by atoms with Crippen LogP contribution >= 0.6 is 0 Å². The fourth-order valence-corrected chi connectivity index (χ4v) is 4.23. The third-order valence-electron chi connectivity index (χ3n) is 6.00. The van der Waals surface area contributed by atoms with E-state index in [1.54, 1.807) is 24.8 Å². The van der Waals surface area contributed by atoms with Gasteiger partial charge < -0.3 is 20.7 Å². The molecular formula is C23H23F3N8O2. The molecule has 13 heteroatoms. The predicted octanol–water partition coefficient (Wildman–Crippen LogP) is 3.23. The molecule has 3 aromatic heterocycles. The van der Waals surface area contributed by atoms with Gasteiger partial charge in [-0.1, -0.05) is 0 Å². The van der Waals surface area contributed by atoms with Crippen LogP contribution in [0.25, 0.3) is 16.7 Å². The molecule has 1 aliphatic heterocycles. The number of aryl methyl sites for hydroxylation is 1. The fourth-order valence-electron chi connectivity index (χ4n) is 4.23. The molecule has 10 nitrogen and oxygen atoms in total. The van der Waals surface area contributed by atoms with Gasteiger partial charge in [0.05, 0.1) is 35.8 Å². The molecule has 0 aliphatic carbocycles. The lowest BCUT2D eigenvalue weighted by atomic mass is 10.0. The molecule has 188 valence electrons. The van der Waals surface area contributed by atoms with Crippen molar-refractivity contribution in [1.29, 1.82) is 0 Å². The summed E-state index contributed by atoms with van der Waals surface area (Å²) in [6.45, 7) is 5.16. The van der Waals surface area contributed by atoms with Gasteiger partial charge in [-0.05, 0) is 43.7 Å². The largest absolute Gasteiger partial charge is 0.416 e. The summed E-state index contributed by atoms with van der Waals surface area (Å²) >= 11 is 0. The SMILES string of the molecule is Cc1nc(N[C@H](C)c2cc(N)cc(C(F)(F)F)c2)c2cc(C(=O)N3CCOCC3)c3ncnn3c2n1. The van der Waals surface area contributed by atoms with Gasteiger partial charge in [-0.25, -0.2) is 15.0 Å². The average molecular weight is 500 g/mol. The number of morpholine rings is 1. The Balaban J connectivity index is 1.60. The summed E-state index contributed by atoms with van der Waals surface area (Å²) in [6, 6.07) is 4.47. The maximum absolute atomic E-state index is 13.4. The van der Waals surface area contributed by atoms with Crippen LogP contribution in [0.3, 0.4) is 0 Å². The van der Waals surface area contributed by atoms with Crippen LogP contribution in [0.2, 0.25) is 0 Å². The highest BCUT2D eigenvalue weighted by Crippen LogP contribution is 2.34. The van der Waals surface area contributed by atoms with Crippen LogP contribution in [0.4, 0.5) is 24.7 Å². The molecule has 0 unspecified atom stereocenters. The van der Waals surface area contributed by atoms with Crippen LogP contribution in [0.1, 0.15) is 40.3 Å². The molecule has 0 radical (unpaired) electrons. The highest BCUT2D eigenvalue weighted by molar-refractivity contribution is 6.04. The number of amides is 1. The van der Waals surface area contributed by atoms with Crippen molar-refractivity contribution in [3.63, 3.8) is 0 Å². The Morgan fingerprint density at radius 2 is 1.89 bits per heavy atom. The van der Waals surface area contributed by atoms with E-state index >= 15 is 0 Å². The molecule has 5 rings (SSSR count). The molecule has 4 aromatic rings. The highest BCUT2D eigenvalue weighted by Gasteiger charge is 2.31. The maximum atomic E-state index is 13.4. The van der Waals surface area contributed by atoms with Gasteiger partial charge in [-0.15, -0.1) is 0 Å². The van der Waals surface area contributed by atoms with E-state index < -0.39 is 17.8 Å². The fraction of sp³-hybridized carbons (Fsp3) is 0.348. The Morgan fingerprint density at radius 3 is 2.61 bits per heavy atom. The number of hydrogen-bond acceptors (Lipinski definition) is 8. The molecule has 4 heterocycles. The Kier molecular flexibility index (Phi) is 5.86. The normalized spacial score (nSPS) is 15.4. The number of aromatic nitrogens is 5. The first-order chi connectivity index (χ1) is 17.1. The molecule has 0 saturated carbocycles. The van der Waals surface area contributed by atoms with Crippen molar-refractivity contribution in [3.05, 3.63) is 53.1 Å². The molecule has 1 aliphatic rings. The van der Waals surface area contributed by atoms with E-state index in [-0.39, 0.29) is 11.6 Å². The Labute approximate surface area is 203 Å². The van der Waals surface area contributed by atoms with Gasteiger partial charge in [0.15, 0.2) is 11.3 Å². The lowest BCUT2D eigenvalue weighted by Crippen LogP contribution is -2.40. The first-order valence-corrected chi connectivity index (χ1v) is 11.2. The van der Waals surface area contributed by atoms with Crippen LogP contribution in [0.15, 0.2) is 30.6 Å². The van der Waals surface area contributed by atoms with Crippen molar-refractivity contribution in [3.8, 4) is 0 Å². The van der Waals surface area contributed by atoms with Gasteiger partial charge in [0.25, 0.3) is 5.91 Å². The third-order valence-corrected chi connectivity index (χ3v) is 6.00. The van der Waals surface area contributed by atoms with Crippen molar-refractivity contribution in [1.82, 2.24) is 29.5 Å². The lowest BCUT2D eigenvalue weighted by molar-refractivity contribution is -0.137. The summed E-state index contributed by atoms with van der Waals surface area (Å²) in [5.74, 6) is 0.516. The van der Waals surface area contributed by atoms with E-state index in [0.717, 1.165) is 12.1 Å². The van der Waals surface area contributed by atoms with Crippen molar-refractivity contribution in [2.45, 2.75) is 26.1 Å². The number of pyridine rings is 1. The number of carbonyl (C=O) groups is 1. The van der Waals surface area contributed by atoms with Crippen LogP contribution in [-0.2, 0) is 10.9 Å². The number of nitrogen functional groups attached to an aromatic ring is 1.